The predicted octanol–water partition coefficient (Wildman–Crippen LogP) is 5.25. The second-order valence-electron chi connectivity index (χ2n) is 6.17. The van der Waals surface area contributed by atoms with Gasteiger partial charge in [0.2, 0.25) is 0 Å². The smallest absolute Gasteiger partial charge is 0.256 e. The second-order valence-corrected chi connectivity index (χ2v) is 6.57. The molecule has 4 rings (SSSR count). The number of carbonyl (C=O) groups is 1. The lowest BCUT2D eigenvalue weighted by atomic mass is 10.1. The van der Waals surface area contributed by atoms with Crippen molar-refractivity contribution in [3.8, 4) is 0 Å². The van der Waals surface area contributed by atoms with Gasteiger partial charge in [-0.05, 0) is 42.0 Å². The van der Waals surface area contributed by atoms with E-state index in [1.165, 1.54) is 12.1 Å². The summed E-state index contributed by atoms with van der Waals surface area (Å²) in [6, 6.07) is 21.1. The number of rotatable bonds is 4. The van der Waals surface area contributed by atoms with Crippen LogP contribution in [-0.4, -0.2) is 10.8 Å². The Morgan fingerprint density at radius 2 is 1.65 bits per heavy atom. The molecule has 1 unspecified atom stereocenters. The molecule has 1 heterocycles. The Hall–Kier alpha value is -2.85. The number of carbonyl (C=O) groups excluding carboxylic acids is 1. The molecule has 0 aliphatic carbocycles. The Labute approximate surface area is 156 Å². The minimum Gasteiger partial charge on any atom is -0.361 e. The van der Waals surface area contributed by atoms with Gasteiger partial charge >= 0.3 is 0 Å². The van der Waals surface area contributed by atoms with E-state index in [0.717, 1.165) is 16.8 Å². The van der Waals surface area contributed by atoms with Gasteiger partial charge in [0, 0.05) is 28.4 Å². The standard InChI is InChI=1S/C21H16ClFN2O/c22-19-8-4-1-5-14(19)13-25-20(24-16-11-9-15(23)10-12-16)17-6-2-3-7-18(17)21(25)26/h1-12,20,24H,13H2. The molecular weight excluding hydrogens is 351 g/mol. The van der Waals surface area contributed by atoms with Crippen molar-refractivity contribution in [2.24, 2.45) is 0 Å². The number of amides is 1. The van der Waals surface area contributed by atoms with E-state index in [1.807, 2.05) is 48.5 Å². The van der Waals surface area contributed by atoms with Crippen molar-refractivity contribution < 1.29 is 9.18 Å². The third kappa shape index (κ3) is 3.04. The molecule has 1 amide bonds. The summed E-state index contributed by atoms with van der Waals surface area (Å²) in [6.45, 7) is 0.381. The van der Waals surface area contributed by atoms with Crippen molar-refractivity contribution in [2.45, 2.75) is 12.7 Å². The van der Waals surface area contributed by atoms with Crippen LogP contribution in [0.1, 0.15) is 27.7 Å². The van der Waals surface area contributed by atoms with Crippen LogP contribution in [0, 0.1) is 5.82 Å². The summed E-state index contributed by atoms with van der Waals surface area (Å²) in [5.41, 5.74) is 3.18. The second kappa shape index (κ2) is 6.81. The molecule has 5 heteroatoms. The lowest BCUT2D eigenvalue weighted by Crippen LogP contribution is -2.32. The number of hydrogen-bond donors (Lipinski definition) is 1. The fourth-order valence-electron chi connectivity index (χ4n) is 3.20. The zero-order valence-corrected chi connectivity index (χ0v) is 14.6. The average molecular weight is 367 g/mol. The van der Waals surface area contributed by atoms with Crippen LogP contribution in [0.3, 0.4) is 0 Å². The number of halogens is 2. The third-order valence-electron chi connectivity index (χ3n) is 4.50. The van der Waals surface area contributed by atoms with Crippen molar-refractivity contribution in [1.82, 2.24) is 4.90 Å². The highest BCUT2D eigenvalue weighted by molar-refractivity contribution is 6.31. The highest BCUT2D eigenvalue weighted by atomic mass is 35.5. The molecule has 0 bridgehead atoms. The summed E-state index contributed by atoms with van der Waals surface area (Å²) in [5, 5.41) is 3.96. The number of hydrogen-bond acceptors (Lipinski definition) is 2. The van der Waals surface area contributed by atoms with Crippen molar-refractivity contribution in [1.29, 1.82) is 0 Å². The Morgan fingerprint density at radius 3 is 2.42 bits per heavy atom. The molecule has 26 heavy (non-hydrogen) atoms. The summed E-state index contributed by atoms with van der Waals surface area (Å²) in [4.78, 5) is 14.7. The molecule has 0 radical (unpaired) electrons. The highest BCUT2D eigenvalue weighted by Crippen LogP contribution is 2.36. The van der Waals surface area contributed by atoms with Crippen LogP contribution in [0.5, 0.6) is 0 Å². The highest BCUT2D eigenvalue weighted by Gasteiger charge is 2.36. The Balaban J connectivity index is 1.70. The molecular formula is C21H16ClFN2O. The minimum absolute atomic E-state index is 0.0554. The van der Waals surface area contributed by atoms with Gasteiger partial charge in [-0.3, -0.25) is 4.79 Å². The Morgan fingerprint density at radius 1 is 0.962 bits per heavy atom. The first-order valence-electron chi connectivity index (χ1n) is 8.29. The van der Waals surface area contributed by atoms with Gasteiger partial charge in [0.1, 0.15) is 12.0 Å². The van der Waals surface area contributed by atoms with E-state index in [4.69, 9.17) is 11.6 Å². The summed E-state index contributed by atoms with van der Waals surface area (Å²) in [5.74, 6) is -0.355. The fourth-order valence-corrected chi connectivity index (χ4v) is 3.40. The molecule has 130 valence electrons. The van der Waals surface area contributed by atoms with Gasteiger partial charge in [-0.1, -0.05) is 48.0 Å². The fraction of sp³-hybridized carbons (Fsp3) is 0.0952. The van der Waals surface area contributed by atoms with E-state index >= 15 is 0 Å². The molecule has 0 saturated heterocycles. The molecule has 0 aromatic heterocycles. The van der Waals surface area contributed by atoms with E-state index < -0.39 is 0 Å². The Bertz CT molecular complexity index is 958. The van der Waals surface area contributed by atoms with E-state index in [2.05, 4.69) is 5.32 Å². The van der Waals surface area contributed by atoms with E-state index in [9.17, 15) is 9.18 Å². The van der Waals surface area contributed by atoms with Crippen LogP contribution in [0.2, 0.25) is 5.02 Å². The molecule has 0 fully saturated rings. The van der Waals surface area contributed by atoms with Crippen LogP contribution in [0.25, 0.3) is 0 Å². The average Bonchev–Trinajstić information content (AvgIpc) is 2.91. The van der Waals surface area contributed by atoms with Gasteiger partial charge in [0.25, 0.3) is 5.91 Å². The number of benzene rings is 3. The van der Waals surface area contributed by atoms with E-state index in [1.54, 1.807) is 17.0 Å². The largest absolute Gasteiger partial charge is 0.361 e. The van der Waals surface area contributed by atoms with Gasteiger partial charge in [-0.2, -0.15) is 0 Å². The van der Waals surface area contributed by atoms with Gasteiger partial charge in [-0.25, -0.2) is 4.39 Å². The maximum absolute atomic E-state index is 13.2. The van der Waals surface area contributed by atoms with Crippen LogP contribution in [0.15, 0.2) is 72.8 Å². The molecule has 0 saturated carbocycles. The maximum Gasteiger partial charge on any atom is 0.256 e. The molecule has 1 atom stereocenters. The summed E-state index contributed by atoms with van der Waals surface area (Å²) < 4.78 is 13.2. The maximum atomic E-state index is 13.2. The first-order valence-corrected chi connectivity index (χ1v) is 8.67. The van der Waals surface area contributed by atoms with Gasteiger partial charge < -0.3 is 10.2 Å². The molecule has 0 spiro atoms. The zero-order chi connectivity index (χ0) is 18.1. The lowest BCUT2D eigenvalue weighted by Gasteiger charge is -2.27. The summed E-state index contributed by atoms with van der Waals surface area (Å²) >= 11 is 6.29. The van der Waals surface area contributed by atoms with E-state index in [-0.39, 0.29) is 17.9 Å². The number of nitrogens with zero attached hydrogens (tertiary/aromatic N) is 1. The minimum atomic E-state index is -0.347. The van der Waals surface area contributed by atoms with Crippen LogP contribution in [-0.2, 0) is 6.54 Å². The number of anilines is 1. The molecule has 3 aromatic carbocycles. The van der Waals surface area contributed by atoms with Crippen LogP contribution in [0.4, 0.5) is 10.1 Å². The molecule has 1 N–H and O–H groups in total. The quantitative estimate of drug-likeness (QED) is 0.684. The topological polar surface area (TPSA) is 32.3 Å². The molecule has 1 aliphatic heterocycles. The first kappa shape index (κ1) is 16.6. The monoisotopic (exact) mass is 366 g/mol. The predicted molar refractivity (Wildman–Crippen MR) is 101 cm³/mol. The van der Waals surface area contributed by atoms with Crippen molar-refractivity contribution >= 4 is 23.2 Å². The van der Waals surface area contributed by atoms with Crippen LogP contribution < -0.4 is 5.32 Å². The lowest BCUT2D eigenvalue weighted by molar-refractivity contribution is 0.0729. The molecule has 3 aromatic rings. The zero-order valence-electron chi connectivity index (χ0n) is 13.8. The van der Waals surface area contributed by atoms with Crippen molar-refractivity contribution in [2.75, 3.05) is 5.32 Å². The van der Waals surface area contributed by atoms with Gasteiger partial charge in [0.15, 0.2) is 0 Å². The van der Waals surface area contributed by atoms with Gasteiger partial charge in [-0.15, -0.1) is 0 Å². The summed E-state index contributed by atoms with van der Waals surface area (Å²) in [7, 11) is 0. The molecule has 1 aliphatic rings. The van der Waals surface area contributed by atoms with Gasteiger partial charge in [0.05, 0.1) is 0 Å². The van der Waals surface area contributed by atoms with Crippen molar-refractivity contribution in [3.05, 3.63) is 100 Å². The van der Waals surface area contributed by atoms with Crippen molar-refractivity contribution in [3.63, 3.8) is 0 Å². The normalized spacial score (nSPS) is 15.8. The first-order chi connectivity index (χ1) is 12.6. The number of nitrogens with one attached hydrogen (secondary N) is 1. The van der Waals surface area contributed by atoms with Crippen LogP contribution >= 0.6 is 11.6 Å². The third-order valence-corrected chi connectivity index (χ3v) is 4.87. The molecule has 3 nitrogen and oxygen atoms in total. The van der Waals surface area contributed by atoms with E-state index in [0.29, 0.717) is 17.1 Å². The number of fused-ring (bicyclic) bond motifs is 1. The SMILES string of the molecule is O=C1c2ccccc2C(Nc2ccc(F)cc2)N1Cc1ccccc1Cl. The summed E-state index contributed by atoms with van der Waals surface area (Å²) in [6.07, 6.45) is -0.347. The Kier molecular flexibility index (Phi) is 4.35.